The van der Waals surface area contributed by atoms with E-state index in [-0.39, 0.29) is 29.4 Å². The number of pyridine rings is 1. The monoisotopic (exact) mass is 288 g/mol. The summed E-state index contributed by atoms with van der Waals surface area (Å²) in [4.78, 5) is 26.6. The predicted molar refractivity (Wildman–Crippen MR) is 77.4 cm³/mol. The molecule has 0 spiro atoms. The number of aromatic hydroxyl groups is 1. The van der Waals surface area contributed by atoms with E-state index in [1.807, 2.05) is 4.90 Å². The molecule has 1 unspecified atom stereocenters. The van der Waals surface area contributed by atoms with E-state index in [4.69, 9.17) is 0 Å². The summed E-state index contributed by atoms with van der Waals surface area (Å²) in [5, 5.41) is 10.1. The topological polar surface area (TPSA) is 62.5 Å². The fourth-order valence-electron chi connectivity index (χ4n) is 4.28. The second-order valence-corrected chi connectivity index (χ2v) is 6.86. The summed E-state index contributed by atoms with van der Waals surface area (Å²) in [5.41, 5.74) is 0.232. The SMILES string of the molecule is Cc1cn2c(c(O)c1=O)C(=O)N1[C@H](C2)C(C2CC2)C[C@@H]1C. The van der Waals surface area contributed by atoms with Crippen molar-refractivity contribution in [2.45, 2.75) is 51.7 Å². The lowest BCUT2D eigenvalue weighted by Crippen LogP contribution is -2.49. The number of aromatic nitrogens is 1. The zero-order valence-corrected chi connectivity index (χ0v) is 12.4. The first kappa shape index (κ1) is 12.9. The molecule has 1 aromatic rings. The first-order valence-electron chi connectivity index (χ1n) is 7.74. The van der Waals surface area contributed by atoms with Crippen molar-refractivity contribution >= 4 is 5.91 Å². The van der Waals surface area contributed by atoms with Gasteiger partial charge in [0.1, 0.15) is 0 Å². The van der Waals surface area contributed by atoms with Gasteiger partial charge in [0.05, 0.1) is 6.04 Å². The van der Waals surface area contributed by atoms with Gasteiger partial charge in [-0.3, -0.25) is 9.59 Å². The minimum absolute atomic E-state index is 0.171. The van der Waals surface area contributed by atoms with E-state index in [0.29, 0.717) is 18.0 Å². The van der Waals surface area contributed by atoms with Gasteiger partial charge in [-0.1, -0.05) is 0 Å². The molecule has 3 aliphatic rings. The van der Waals surface area contributed by atoms with Gasteiger partial charge in [-0.15, -0.1) is 0 Å². The van der Waals surface area contributed by atoms with Crippen LogP contribution in [0.3, 0.4) is 0 Å². The molecule has 2 fully saturated rings. The quantitative estimate of drug-likeness (QED) is 0.852. The Kier molecular flexibility index (Phi) is 2.53. The van der Waals surface area contributed by atoms with E-state index >= 15 is 0 Å². The largest absolute Gasteiger partial charge is 0.503 e. The van der Waals surface area contributed by atoms with Crippen molar-refractivity contribution in [3.05, 3.63) is 27.7 Å². The fraction of sp³-hybridized carbons (Fsp3) is 0.625. The second kappa shape index (κ2) is 4.12. The number of rotatable bonds is 1. The Morgan fingerprint density at radius 2 is 2.00 bits per heavy atom. The highest BCUT2D eigenvalue weighted by atomic mass is 16.3. The maximum Gasteiger partial charge on any atom is 0.275 e. The third-order valence-electron chi connectivity index (χ3n) is 5.42. The number of aryl methyl sites for hydroxylation is 1. The molecule has 5 heteroatoms. The maximum atomic E-state index is 12.8. The molecule has 0 aromatic carbocycles. The minimum atomic E-state index is -0.432. The van der Waals surface area contributed by atoms with Crippen molar-refractivity contribution in [3.63, 3.8) is 0 Å². The lowest BCUT2D eigenvalue weighted by atomic mass is 9.93. The highest BCUT2D eigenvalue weighted by Gasteiger charge is 2.51. The summed E-state index contributed by atoms with van der Waals surface area (Å²) in [6.45, 7) is 4.45. The molecule has 3 atom stereocenters. The highest BCUT2D eigenvalue weighted by Crippen LogP contribution is 2.48. The van der Waals surface area contributed by atoms with Crippen LogP contribution in [-0.2, 0) is 6.54 Å². The molecule has 2 aliphatic heterocycles. The third kappa shape index (κ3) is 1.69. The van der Waals surface area contributed by atoms with Gasteiger partial charge >= 0.3 is 0 Å². The van der Waals surface area contributed by atoms with E-state index in [0.717, 1.165) is 12.3 Å². The zero-order valence-electron chi connectivity index (χ0n) is 12.4. The van der Waals surface area contributed by atoms with Crippen molar-refractivity contribution in [3.8, 4) is 5.75 Å². The Morgan fingerprint density at radius 1 is 1.29 bits per heavy atom. The molecule has 5 nitrogen and oxygen atoms in total. The molecule has 0 radical (unpaired) electrons. The van der Waals surface area contributed by atoms with E-state index in [1.165, 1.54) is 12.8 Å². The Bertz CT molecular complexity index is 689. The van der Waals surface area contributed by atoms with Crippen LogP contribution in [-0.4, -0.2) is 32.6 Å². The van der Waals surface area contributed by atoms with Gasteiger partial charge in [0, 0.05) is 24.3 Å². The number of amides is 1. The summed E-state index contributed by atoms with van der Waals surface area (Å²) in [5.74, 6) is 0.752. The first-order chi connectivity index (χ1) is 9.99. The van der Waals surface area contributed by atoms with E-state index in [9.17, 15) is 14.7 Å². The molecule has 4 rings (SSSR count). The molecular formula is C16H20N2O3. The van der Waals surface area contributed by atoms with E-state index < -0.39 is 5.43 Å². The van der Waals surface area contributed by atoms with Crippen molar-refractivity contribution in [1.29, 1.82) is 0 Å². The van der Waals surface area contributed by atoms with Gasteiger partial charge in [-0.05, 0) is 44.9 Å². The molecule has 1 amide bonds. The van der Waals surface area contributed by atoms with Gasteiger partial charge in [0.2, 0.25) is 5.43 Å². The summed E-state index contributed by atoms with van der Waals surface area (Å²) < 4.78 is 1.79. The van der Waals surface area contributed by atoms with Crippen LogP contribution < -0.4 is 5.43 Å². The van der Waals surface area contributed by atoms with Crippen LogP contribution in [0.1, 0.15) is 42.2 Å². The smallest absolute Gasteiger partial charge is 0.275 e. The summed E-state index contributed by atoms with van der Waals surface area (Å²) >= 11 is 0. The lowest BCUT2D eigenvalue weighted by molar-refractivity contribution is 0.0563. The summed E-state index contributed by atoms with van der Waals surface area (Å²) in [7, 11) is 0. The van der Waals surface area contributed by atoms with Crippen LogP contribution in [0.5, 0.6) is 5.75 Å². The Morgan fingerprint density at radius 3 is 2.67 bits per heavy atom. The molecule has 1 N–H and O–H groups in total. The van der Waals surface area contributed by atoms with Crippen LogP contribution in [0.15, 0.2) is 11.0 Å². The molecular weight excluding hydrogens is 268 g/mol. The number of carbonyl (C=O) groups excluding carboxylic acids is 1. The molecule has 1 aliphatic carbocycles. The fourth-order valence-corrected chi connectivity index (χ4v) is 4.28. The van der Waals surface area contributed by atoms with Crippen molar-refractivity contribution < 1.29 is 9.90 Å². The van der Waals surface area contributed by atoms with Gasteiger partial charge < -0.3 is 14.6 Å². The van der Waals surface area contributed by atoms with E-state index in [1.54, 1.807) is 17.7 Å². The van der Waals surface area contributed by atoms with Crippen LogP contribution in [0.2, 0.25) is 0 Å². The molecule has 1 saturated carbocycles. The Labute approximate surface area is 123 Å². The highest BCUT2D eigenvalue weighted by molar-refractivity contribution is 5.96. The lowest BCUT2D eigenvalue weighted by Gasteiger charge is -2.37. The van der Waals surface area contributed by atoms with Crippen LogP contribution >= 0.6 is 0 Å². The van der Waals surface area contributed by atoms with E-state index in [2.05, 4.69) is 6.92 Å². The molecule has 21 heavy (non-hydrogen) atoms. The Balaban J connectivity index is 1.84. The van der Waals surface area contributed by atoms with Crippen molar-refractivity contribution in [1.82, 2.24) is 9.47 Å². The number of carbonyl (C=O) groups is 1. The summed E-state index contributed by atoms with van der Waals surface area (Å²) in [6, 6.07) is 0.409. The minimum Gasteiger partial charge on any atom is -0.503 e. The number of hydrogen-bond donors (Lipinski definition) is 1. The third-order valence-corrected chi connectivity index (χ3v) is 5.42. The maximum absolute atomic E-state index is 12.8. The van der Waals surface area contributed by atoms with Crippen molar-refractivity contribution in [2.75, 3.05) is 0 Å². The molecule has 1 aromatic heterocycles. The van der Waals surface area contributed by atoms with Gasteiger partial charge in [0.15, 0.2) is 11.4 Å². The van der Waals surface area contributed by atoms with Crippen molar-refractivity contribution in [2.24, 2.45) is 11.8 Å². The van der Waals surface area contributed by atoms with Crippen LogP contribution in [0, 0.1) is 18.8 Å². The number of fused-ring (bicyclic) bond motifs is 2. The van der Waals surface area contributed by atoms with Crippen LogP contribution in [0.4, 0.5) is 0 Å². The average Bonchev–Trinajstić information content (AvgIpc) is 3.21. The molecule has 1 saturated heterocycles. The second-order valence-electron chi connectivity index (χ2n) is 6.86. The standard InChI is InChI=1S/C16H20N2O3/c1-8-6-17-7-12-11(10-3-4-10)5-9(2)18(12)16(21)13(17)15(20)14(8)19/h6,9-12,20H,3-5,7H2,1-2H3/t9-,11?,12+/m0/s1. The average molecular weight is 288 g/mol. The zero-order chi connectivity index (χ0) is 14.9. The number of nitrogens with zero attached hydrogens (tertiary/aromatic N) is 2. The Hall–Kier alpha value is -1.78. The molecule has 3 heterocycles. The molecule has 0 bridgehead atoms. The van der Waals surface area contributed by atoms with Gasteiger partial charge in [-0.2, -0.15) is 0 Å². The predicted octanol–water partition coefficient (Wildman–Crippen LogP) is 1.51. The first-order valence-corrected chi connectivity index (χ1v) is 7.74. The van der Waals surface area contributed by atoms with Gasteiger partial charge in [-0.25, -0.2) is 0 Å². The number of hydrogen-bond acceptors (Lipinski definition) is 3. The van der Waals surface area contributed by atoms with Crippen LogP contribution in [0.25, 0.3) is 0 Å². The van der Waals surface area contributed by atoms with Gasteiger partial charge in [0.25, 0.3) is 5.91 Å². The molecule has 112 valence electrons. The normalized spacial score (nSPS) is 31.2. The summed E-state index contributed by atoms with van der Waals surface area (Å²) in [6.07, 6.45) is 5.31.